The van der Waals surface area contributed by atoms with E-state index in [4.69, 9.17) is 4.74 Å². The molecular weight excluding hydrogens is 253 g/mol. The lowest BCUT2D eigenvalue weighted by molar-refractivity contribution is -0.139. The zero-order chi connectivity index (χ0) is 13.9. The Morgan fingerprint density at radius 2 is 1.94 bits per heavy atom. The third-order valence-corrected chi connectivity index (χ3v) is 2.15. The van der Waals surface area contributed by atoms with Gasteiger partial charge in [0.2, 0.25) is 5.88 Å². The minimum absolute atomic E-state index is 0.237. The van der Waals surface area contributed by atoms with Gasteiger partial charge in [-0.05, 0) is 0 Å². The van der Waals surface area contributed by atoms with E-state index in [1.54, 1.807) is 0 Å². The van der Waals surface area contributed by atoms with E-state index in [1.165, 1.54) is 14.2 Å². The number of carbonyl (C=O) groups is 1. The third kappa shape index (κ3) is 2.47. The van der Waals surface area contributed by atoms with Gasteiger partial charge >= 0.3 is 6.18 Å². The smallest absolute Gasteiger partial charge is 0.421 e. The van der Waals surface area contributed by atoms with E-state index < -0.39 is 29.0 Å². The van der Waals surface area contributed by atoms with Crippen molar-refractivity contribution in [1.82, 2.24) is 10.3 Å². The van der Waals surface area contributed by atoms with E-state index in [0.29, 0.717) is 6.20 Å². The standard InChI is InChI=1S/C10H11F3N2O3/c1-14-8(16)6-7(17-2)5(10(11,12)13)4-15-9(6)18-3/h4H,1-3H3,(H,14,16). The van der Waals surface area contributed by atoms with Gasteiger partial charge in [-0.2, -0.15) is 13.2 Å². The summed E-state index contributed by atoms with van der Waals surface area (Å²) in [5, 5.41) is 2.20. The van der Waals surface area contributed by atoms with Crippen molar-refractivity contribution in [3.63, 3.8) is 0 Å². The number of pyridine rings is 1. The summed E-state index contributed by atoms with van der Waals surface area (Å²) in [5.74, 6) is -1.63. The average Bonchev–Trinajstić information content (AvgIpc) is 2.34. The number of alkyl halides is 3. The molecule has 1 rings (SSSR count). The first-order valence-corrected chi connectivity index (χ1v) is 4.77. The number of hydrogen-bond donors (Lipinski definition) is 1. The Morgan fingerprint density at radius 1 is 1.33 bits per heavy atom. The van der Waals surface area contributed by atoms with Gasteiger partial charge in [0.05, 0.1) is 14.2 Å². The fourth-order valence-electron chi connectivity index (χ4n) is 1.37. The van der Waals surface area contributed by atoms with Crippen LogP contribution in [-0.2, 0) is 6.18 Å². The minimum Gasteiger partial charge on any atom is -0.495 e. The molecule has 1 heterocycles. The van der Waals surface area contributed by atoms with Crippen LogP contribution in [-0.4, -0.2) is 32.2 Å². The Balaban J connectivity index is 3.57. The molecule has 1 aromatic rings. The van der Waals surface area contributed by atoms with Gasteiger partial charge in [0.1, 0.15) is 11.1 Å². The highest BCUT2D eigenvalue weighted by atomic mass is 19.4. The summed E-state index contributed by atoms with van der Waals surface area (Å²) >= 11 is 0. The summed E-state index contributed by atoms with van der Waals surface area (Å²) in [6.45, 7) is 0. The van der Waals surface area contributed by atoms with Crippen molar-refractivity contribution < 1.29 is 27.4 Å². The van der Waals surface area contributed by atoms with Crippen molar-refractivity contribution in [1.29, 1.82) is 0 Å². The zero-order valence-electron chi connectivity index (χ0n) is 9.88. The molecule has 18 heavy (non-hydrogen) atoms. The second-order valence-electron chi connectivity index (χ2n) is 3.17. The van der Waals surface area contributed by atoms with Crippen LogP contribution in [0.5, 0.6) is 11.6 Å². The summed E-state index contributed by atoms with van der Waals surface area (Å²) in [4.78, 5) is 15.0. The van der Waals surface area contributed by atoms with E-state index >= 15 is 0 Å². The van der Waals surface area contributed by atoms with Crippen LogP contribution >= 0.6 is 0 Å². The van der Waals surface area contributed by atoms with Crippen molar-refractivity contribution in [3.05, 3.63) is 17.3 Å². The summed E-state index contributed by atoms with van der Waals surface area (Å²) in [6, 6.07) is 0. The molecule has 0 saturated heterocycles. The molecule has 0 spiro atoms. The number of nitrogens with one attached hydrogen (secondary N) is 1. The van der Waals surface area contributed by atoms with Crippen LogP contribution in [0.25, 0.3) is 0 Å². The molecule has 100 valence electrons. The number of hydrogen-bond acceptors (Lipinski definition) is 4. The monoisotopic (exact) mass is 264 g/mol. The van der Waals surface area contributed by atoms with Gasteiger partial charge in [0, 0.05) is 13.2 Å². The molecule has 1 amide bonds. The van der Waals surface area contributed by atoms with E-state index in [9.17, 15) is 18.0 Å². The number of amides is 1. The maximum absolute atomic E-state index is 12.7. The van der Waals surface area contributed by atoms with Crippen LogP contribution in [0.2, 0.25) is 0 Å². The molecule has 0 atom stereocenters. The van der Waals surface area contributed by atoms with Crippen LogP contribution in [0.1, 0.15) is 15.9 Å². The first-order chi connectivity index (χ1) is 8.36. The minimum atomic E-state index is -4.67. The topological polar surface area (TPSA) is 60.5 Å². The number of halogens is 3. The van der Waals surface area contributed by atoms with Crippen molar-refractivity contribution in [2.75, 3.05) is 21.3 Å². The summed E-state index contributed by atoms with van der Waals surface area (Å²) in [6.07, 6.45) is -4.11. The highest BCUT2D eigenvalue weighted by Crippen LogP contribution is 2.40. The highest BCUT2D eigenvalue weighted by Gasteiger charge is 2.38. The van der Waals surface area contributed by atoms with Crippen molar-refractivity contribution in [3.8, 4) is 11.6 Å². The molecular formula is C10H11F3N2O3. The SMILES string of the molecule is CNC(=O)c1c(OC)ncc(C(F)(F)F)c1OC. The van der Waals surface area contributed by atoms with Crippen molar-refractivity contribution in [2.24, 2.45) is 0 Å². The molecule has 0 fully saturated rings. The van der Waals surface area contributed by atoms with Crippen molar-refractivity contribution >= 4 is 5.91 Å². The second kappa shape index (κ2) is 5.11. The number of methoxy groups -OCH3 is 2. The van der Waals surface area contributed by atoms with Gasteiger partial charge in [0.25, 0.3) is 5.91 Å². The fraction of sp³-hybridized carbons (Fsp3) is 0.400. The average molecular weight is 264 g/mol. The fourth-order valence-corrected chi connectivity index (χ4v) is 1.37. The molecule has 0 aromatic carbocycles. The molecule has 0 aliphatic heterocycles. The van der Waals surface area contributed by atoms with E-state index in [2.05, 4.69) is 15.0 Å². The lowest BCUT2D eigenvalue weighted by Gasteiger charge is -2.16. The molecule has 5 nitrogen and oxygen atoms in total. The quantitative estimate of drug-likeness (QED) is 0.898. The molecule has 0 bridgehead atoms. The molecule has 0 radical (unpaired) electrons. The van der Waals surface area contributed by atoms with Crippen LogP contribution in [0, 0.1) is 0 Å². The number of nitrogens with zero attached hydrogens (tertiary/aromatic N) is 1. The maximum atomic E-state index is 12.7. The molecule has 0 aliphatic rings. The lowest BCUT2D eigenvalue weighted by Crippen LogP contribution is -2.22. The zero-order valence-corrected chi connectivity index (χ0v) is 9.88. The van der Waals surface area contributed by atoms with E-state index in [-0.39, 0.29) is 5.88 Å². The van der Waals surface area contributed by atoms with Gasteiger partial charge in [0.15, 0.2) is 5.75 Å². The molecule has 1 aromatic heterocycles. The van der Waals surface area contributed by atoms with Gasteiger partial charge in [-0.15, -0.1) is 0 Å². The lowest BCUT2D eigenvalue weighted by atomic mass is 10.1. The maximum Gasteiger partial charge on any atom is 0.421 e. The Bertz CT molecular complexity index is 460. The first-order valence-electron chi connectivity index (χ1n) is 4.77. The molecule has 1 N–H and O–H groups in total. The number of aromatic nitrogens is 1. The van der Waals surface area contributed by atoms with Gasteiger partial charge in [-0.1, -0.05) is 0 Å². The van der Waals surface area contributed by atoms with E-state index in [0.717, 1.165) is 7.11 Å². The summed E-state index contributed by atoms with van der Waals surface area (Å²) < 4.78 is 47.6. The number of carbonyl (C=O) groups excluding carboxylic acids is 1. The number of ether oxygens (including phenoxy) is 2. The van der Waals surface area contributed by atoms with Gasteiger partial charge in [-0.25, -0.2) is 4.98 Å². The third-order valence-electron chi connectivity index (χ3n) is 2.15. The number of rotatable bonds is 3. The highest BCUT2D eigenvalue weighted by molar-refractivity contribution is 5.99. The van der Waals surface area contributed by atoms with Gasteiger partial charge in [-0.3, -0.25) is 4.79 Å². The predicted molar refractivity (Wildman–Crippen MR) is 55.7 cm³/mol. The van der Waals surface area contributed by atoms with Gasteiger partial charge < -0.3 is 14.8 Å². The van der Waals surface area contributed by atoms with Crippen LogP contribution < -0.4 is 14.8 Å². The Labute approximate surface area is 101 Å². The van der Waals surface area contributed by atoms with Crippen LogP contribution in [0.3, 0.4) is 0 Å². The molecule has 0 aliphatic carbocycles. The normalized spacial score (nSPS) is 11.0. The van der Waals surface area contributed by atoms with E-state index in [1.807, 2.05) is 0 Å². The molecule has 8 heteroatoms. The van der Waals surface area contributed by atoms with Crippen molar-refractivity contribution in [2.45, 2.75) is 6.18 Å². The molecule has 0 saturated carbocycles. The Kier molecular flexibility index (Phi) is 4.00. The van der Waals surface area contributed by atoms with Crippen LogP contribution in [0.4, 0.5) is 13.2 Å². The largest absolute Gasteiger partial charge is 0.495 e. The first kappa shape index (κ1) is 14.1. The molecule has 0 unspecified atom stereocenters. The Morgan fingerprint density at radius 3 is 2.33 bits per heavy atom. The van der Waals surface area contributed by atoms with Crippen LogP contribution in [0.15, 0.2) is 6.20 Å². The predicted octanol–water partition coefficient (Wildman–Crippen LogP) is 1.48. The summed E-state index contributed by atoms with van der Waals surface area (Å²) in [5.41, 5.74) is -1.53. The second-order valence-corrected chi connectivity index (χ2v) is 3.17. The summed E-state index contributed by atoms with van der Waals surface area (Å²) in [7, 11) is 3.51. The Hall–Kier alpha value is -1.99.